The Bertz CT molecular complexity index is 167. The smallest absolute Gasteiger partial charge is 0.158 e. The Morgan fingerprint density at radius 2 is 1.33 bits per heavy atom. The first-order chi connectivity index (χ1) is 5.80. The van der Waals surface area contributed by atoms with Crippen molar-refractivity contribution in [3.63, 3.8) is 0 Å². The van der Waals surface area contributed by atoms with E-state index in [9.17, 15) is 0 Å². The lowest BCUT2D eigenvalue weighted by atomic mass is 9.43. The minimum absolute atomic E-state index is 0.704. The SMILES string of the molecule is I[B]C12CC3CC(CC(C3)C1)C2. The predicted molar refractivity (Wildman–Crippen MR) is 60.6 cm³/mol. The lowest BCUT2D eigenvalue weighted by molar-refractivity contribution is 0.0300. The average molecular weight is 273 g/mol. The van der Waals surface area contributed by atoms with E-state index in [1.54, 1.807) is 19.3 Å². The Labute approximate surface area is 89.0 Å². The summed E-state index contributed by atoms with van der Waals surface area (Å²) in [6, 6.07) is 0. The maximum Gasteiger partial charge on any atom is 0.206 e. The van der Waals surface area contributed by atoms with E-state index >= 15 is 0 Å². The summed E-state index contributed by atoms with van der Waals surface area (Å²) in [5.74, 6) is 3.34. The summed E-state index contributed by atoms with van der Waals surface area (Å²) in [4.78, 5) is 0. The Kier molecular flexibility index (Phi) is 1.79. The summed E-state index contributed by atoms with van der Waals surface area (Å²) >= 11 is 2.51. The molecule has 0 amide bonds. The summed E-state index contributed by atoms with van der Waals surface area (Å²) in [6.07, 6.45) is 9.31. The fraction of sp³-hybridized carbons (Fsp3) is 1.00. The summed E-state index contributed by atoms with van der Waals surface area (Å²) in [5.41, 5.74) is 0. The maximum atomic E-state index is 2.51. The average Bonchev–Trinajstić information content (AvgIpc) is 2.02. The van der Waals surface area contributed by atoms with Crippen LogP contribution in [0.25, 0.3) is 0 Å². The molecule has 0 heterocycles. The summed E-state index contributed by atoms with van der Waals surface area (Å²) in [5, 5.41) is 3.21. The van der Waals surface area contributed by atoms with Gasteiger partial charge in [0.05, 0.1) is 0 Å². The van der Waals surface area contributed by atoms with Gasteiger partial charge in [-0.3, -0.25) is 0 Å². The molecule has 4 bridgehead atoms. The molecule has 4 fully saturated rings. The van der Waals surface area contributed by atoms with Gasteiger partial charge in [0, 0.05) is 0 Å². The zero-order chi connectivity index (χ0) is 8.18. The minimum Gasteiger partial charge on any atom is -0.158 e. The number of hydrogen-bond donors (Lipinski definition) is 0. The molecule has 0 unspecified atom stereocenters. The Morgan fingerprint density at radius 1 is 0.917 bits per heavy atom. The van der Waals surface area contributed by atoms with Crippen LogP contribution < -0.4 is 0 Å². The van der Waals surface area contributed by atoms with Crippen LogP contribution in [0.4, 0.5) is 0 Å². The van der Waals surface area contributed by atoms with E-state index in [-0.39, 0.29) is 0 Å². The van der Waals surface area contributed by atoms with E-state index in [4.69, 9.17) is 0 Å². The van der Waals surface area contributed by atoms with Gasteiger partial charge in [0.25, 0.3) is 0 Å². The summed E-state index contributed by atoms with van der Waals surface area (Å²) in [7, 11) is 0. The Balaban J connectivity index is 1.90. The Morgan fingerprint density at radius 3 is 1.67 bits per heavy atom. The monoisotopic (exact) mass is 273 g/mol. The molecule has 0 atom stereocenters. The molecule has 4 rings (SSSR count). The lowest BCUT2D eigenvalue weighted by Crippen LogP contribution is -2.43. The van der Waals surface area contributed by atoms with E-state index < -0.39 is 0 Å². The quantitative estimate of drug-likeness (QED) is 0.507. The van der Waals surface area contributed by atoms with Crippen LogP contribution in [0.3, 0.4) is 0 Å². The molecule has 1 radical (unpaired) electrons. The number of halogens is 1. The van der Waals surface area contributed by atoms with E-state index in [1.807, 2.05) is 0 Å². The first-order valence-corrected chi connectivity index (χ1v) is 6.49. The fourth-order valence-corrected chi connectivity index (χ4v) is 5.07. The normalized spacial score (nSPS) is 55.9. The molecular formula is C10H15BI. The fourth-order valence-electron chi connectivity index (χ4n) is 4.31. The first-order valence-electron chi connectivity index (χ1n) is 5.24. The molecule has 4 aliphatic carbocycles. The molecule has 0 aromatic carbocycles. The minimum atomic E-state index is 0.704. The second-order valence-corrected chi connectivity index (χ2v) is 6.01. The molecule has 0 aliphatic heterocycles. The van der Waals surface area contributed by atoms with Crippen LogP contribution in [-0.2, 0) is 0 Å². The maximum absolute atomic E-state index is 2.51. The van der Waals surface area contributed by atoms with Gasteiger partial charge in [-0.15, -0.1) is 0 Å². The molecule has 4 aliphatic rings. The van der Waals surface area contributed by atoms with Gasteiger partial charge in [0.15, 0.2) is 0 Å². The van der Waals surface area contributed by atoms with Gasteiger partial charge in [-0.25, -0.2) is 0 Å². The van der Waals surface area contributed by atoms with Gasteiger partial charge >= 0.3 is 0 Å². The third-order valence-electron chi connectivity index (χ3n) is 4.32. The van der Waals surface area contributed by atoms with Crippen molar-refractivity contribution in [2.45, 2.75) is 43.8 Å². The summed E-state index contributed by atoms with van der Waals surface area (Å²) in [6.45, 7) is 0. The molecule has 65 valence electrons. The molecule has 0 aromatic heterocycles. The first kappa shape index (κ1) is 8.13. The lowest BCUT2D eigenvalue weighted by Gasteiger charge is -2.56. The molecule has 0 N–H and O–H groups in total. The highest BCUT2D eigenvalue weighted by molar-refractivity contribution is 14.1. The number of rotatable bonds is 1. The van der Waals surface area contributed by atoms with Gasteiger partial charge in [0.1, 0.15) is 0 Å². The highest BCUT2D eigenvalue weighted by Crippen LogP contribution is 2.63. The molecule has 2 heteroatoms. The van der Waals surface area contributed by atoms with Crippen LogP contribution in [0.2, 0.25) is 5.31 Å². The van der Waals surface area contributed by atoms with E-state index in [1.165, 1.54) is 19.3 Å². The zero-order valence-corrected chi connectivity index (χ0v) is 9.59. The third kappa shape index (κ3) is 1.09. The highest BCUT2D eigenvalue weighted by atomic mass is 127. The van der Waals surface area contributed by atoms with Crippen molar-refractivity contribution in [2.75, 3.05) is 0 Å². The topological polar surface area (TPSA) is 0 Å². The largest absolute Gasteiger partial charge is 0.206 e. The van der Waals surface area contributed by atoms with Crippen molar-refractivity contribution < 1.29 is 0 Å². The van der Waals surface area contributed by atoms with Gasteiger partial charge in [-0.05, 0) is 42.3 Å². The van der Waals surface area contributed by atoms with Crippen LogP contribution >= 0.6 is 22.4 Å². The van der Waals surface area contributed by atoms with E-state index in [0.717, 1.165) is 17.8 Å². The molecule has 0 spiro atoms. The van der Waals surface area contributed by atoms with Gasteiger partial charge < -0.3 is 0 Å². The van der Waals surface area contributed by atoms with Crippen molar-refractivity contribution in [3.8, 4) is 0 Å². The number of hydrogen-bond acceptors (Lipinski definition) is 0. The van der Waals surface area contributed by atoms with Crippen LogP contribution in [0.1, 0.15) is 38.5 Å². The van der Waals surface area contributed by atoms with Crippen molar-refractivity contribution in [3.05, 3.63) is 0 Å². The van der Waals surface area contributed by atoms with Gasteiger partial charge in [-0.1, -0.05) is 19.3 Å². The highest BCUT2D eigenvalue weighted by Gasteiger charge is 2.50. The van der Waals surface area contributed by atoms with Crippen LogP contribution in [0, 0.1) is 17.8 Å². The second kappa shape index (κ2) is 2.65. The molecular weight excluding hydrogens is 258 g/mol. The van der Waals surface area contributed by atoms with Gasteiger partial charge in [0.2, 0.25) is 5.14 Å². The second-order valence-electron chi connectivity index (χ2n) is 5.39. The van der Waals surface area contributed by atoms with Crippen molar-refractivity contribution in [1.82, 2.24) is 0 Å². The van der Waals surface area contributed by atoms with E-state index in [0.29, 0.717) is 5.31 Å². The Hall–Kier alpha value is 0.795. The summed E-state index contributed by atoms with van der Waals surface area (Å²) < 4.78 is 0. The zero-order valence-electron chi connectivity index (χ0n) is 7.43. The van der Waals surface area contributed by atoms with Crippen LogP contribution in [0.15, 0.2) is 0 Å². The van der Waals surface area contributed by atoms with Crippen LogP contribution in [-0.4, -0.2) is 5.14 Å². The molecule has 0 nitrogen and oxygen atoms in total. The standard InChI is InChI=1S/C10H15BI/c12-11-10-4-7-1-8(5-10)3-9(2-7)6-10/h7-9H,1-6H2. The molecule has 0 aromatic rings. The predicted octanol–water partition coefficient (Wildman–Crippen LogP) is 3.43. The van der Waals surface area contributed by atoms with E-state index in [2.05, 4.69) is 27.5 Å². The third-order valence-corrected chi connectivity index (χ3v) is 5.64. The molecule has 12 heavy (non-hydrogen) atoms. The van der Waals surface area contributed by atoms with Crippen molar-refractivity contribution in [1.29, 1.82) is 0 Å². The molecule has 4 saturated carbocycles. The van der Waals surface area contributed by atoms with Gasteiger partial charge in [-0.2, -0.15) is 22.4 Å². The van der Waals surface area contributed by atoms with Crippen LogP contribution in [0.5, 0.6) is 0 Å². The van der Waals surface area contributed by atoms with Crippen molar-refractivity contribution >= 4 is 27.5 Å². The molecule has 0 saturated heterocycles. The van der Waals surface area contributed by atoms with Crippen molar-refractivity contribution in [2.24, 2.45) is 17.8 Å².